The molecule has 2 amide bonds. The summed E-state index contributed by atoms with van der Waals surface area (Å²) >= 11 is 0. The molecule has 1 aromatic rings. The summed E-state index contributed by atoms with van der Waals surface area (Å²) < 4.78 is 10.5. The minimum absolute atomic E-state index is 0.00112. The Morgan fingerprint density at radius 1 is 1.29 bits per heavy atom. The van der Waals surface area contributed by atoms with Gasteiger partial charge in [0.25, 0.3) is 0 Å². The van der Waals surface area contributed by atoms with Crippen molar-refractivity contribution in [3.63, 3.8) is 0 Å². The molecule has 0 atom stereocenters. The molecule has 0 bridgehead atoms. The van der Waals surface area contributed by atoms with Gasteiger partial charge < -0.3 is 19.7 Å². The molecule has 0 aliphatic carbocycles. The standard InChI is InChI=1S/C15H20N2O4/c1-10(2)17(11(3)18)8-15(19)16-7-12-4-5-13-14(6-12)21-9-20-13/h4-6,10H,7-9H2,1-3H3,(H,16,19). The lowest BCUT2D eigenvalue weighted by Crippen LogP contribution is -2.43. The van der Waals surface area contributed by atoms with E-state index in [0.29, 0.717) is 18.0 Å². The van der Waals surface area contributed by atoms with Gasteiger partial charge in [-0.3, -0.25) is 9.59 Å². The molecule has 0 aromatic heterocycles. The molecule has 1 N–H and O–H groups in total. The van der Waals surface area contributed by atoms with Crippen molar-refractivity contribution >= 4 is 11.8 Å². The lowest BCUT2D eigenvalue weighted by atomic mass is 10.2. The maximum atomic E-state index is 11.9. The predicted molar refractivity (Wildman–Crippen MR) is 76.9 cm³/mol. The topological polar surface area (TPSA) is 67.9 Å². The van der Waals surface area contributed by atoms with Gasteiger partial charge in [0.05, 0.1) is 6.54 Å². The van der Waals surface area contributed by atoms with Crippen LogP contribution in [0.15, 0.2) is 18.2 Å². The number of nitrogens with zero attached hydrogens (tertiary/aromatic N) is 1. The smallest absolute Gasteiger partial charge is 0.239 e. The molecular formula is C15H20N2O4. The first-order valence-corrected chi connectivity index (χ1v) is 6.90. The van der Waals surface area contributed by atoms with E-state index in [0.717, 1.165) is 5.56 Å². The van der Waals surface area contributed by atoms with E-state index >= 15 is 0 Å². The van der Waals surface area contributed by atoms with Crippen molar-refractivity contribution in [1.82, 2.24) is 10.2 Å². The van der Waals surface area contributed by atoms with E-state index in [4.69, 9.17) is 9.47 Å². The summed E-state index contributed by atoms with van der Waals surface area (Å²) in [4.78, 5) is 24.9. The Balaban J connectivity index is 1.88. The Morgan fingerprint density at radius 3 is 2.67 bits per heavy atom. The minimum atomic E-state index is -0.184. The van der Waals surface area contributed by atoms with E-state index in [9.17, 15) is 9.59 Å². The number of fused-ring (bicyclic) bond motifs is 1. The fourth-order valence-corrected chi connectivity index (χ4v) is 2.12. The second-order valence-electron chi connectivity index (χ2n) is 5.21. The van der Waals surface area contributed by atoms with Crippen LogP contribution in [0.2, 0.25) is 0 Å². The average molecular weight is 292 g/mol. The van der Waals surface area contributed by atoms with Crippen molar-refractivity contribution < 1.29 is 19.1 Å². The molecule has 0 saturated heterocycles. The minimum Gasteiger partial charge on any atom is -0.454 e. The van der Waals surface area contributed by atoms with E-state index in [1.807, 2.05) is 32.0 Å². The van der Waals surface area contributed by atoms with E-state index < -0.39 is 0 Å². The highest BCUT2D eigenvalue weighted by atomic mass is 16.7. The normalized spacial score (nSPS) is 12.4. The molecule has 1 aromatic carbocycles. The number of nitrogens with one attached hydrogen (secondary N) is 1. The van der Waals surface area contributed by atoms with Crippen LogP contribution in [0, 0.1) is 0 Å². The van der Waals surface area contributed by atoms with Gasteiger partial charge in [-0.25, -0.2) is 0 Å². The molecule has 0 fully saturated rings. The highest BCUT2D eigenvalue weighted by Crippen LogP contribution is 2.32. The van der Waals surface area contributed by atoms with Crippen LogP contribution in [0.25, 0.3) is 0 Å². The first-order chi connectivity index (χ1) is 9.97. The van der Waals surface area contributed by atoms with Crippen LogP contribution in [0.4, 0.5) is 0 Å². The highest BCUT2D eigenvalue weighted by Gasteiger charge is 2.17. The van der Waals surface area contributed by atoms with Crippen molar-refractivity contribution in [2.75, 3.05) is 13.3 Å². The summed E-state index contributed by atoms with van der Waals surface area (Å²) in [6, 6.07) is 5.53. The van der Waals surface area contributed by atoms with Gasteiger partial charge in [0.2, 0.25) is 18.6 Å². The molecule has 114 valence electrons. The van der Waals surface area contributed by atoms with Crippen LogP contribution in [0.5, 0.6) is 11.5 Å². The summed E-state index contributed by atoms with van der Waals surface area (Å²) in [6.45, 7) is 5.91. The monoisotopic (exact) mass is 292 g/mol. The molecule has 1 heterocycles. The van der Waals surface area contributed by atoms with Crippen LogP contribution in [-0.4, -0.2) is 36.1 Å². The summed E-state index contributed by atoms with van der Waals surface area (Å²) in [7, 11) is 0. The van der Waals surface area contributed by atoms with E-state index in [-0.39, 0.29) is 31.2 Å². The van der Waals surface area contributed by atoms with Crippen LogP contribution in [-0.2, 0) is 16.1 Å². The van der Waals surface area contributed by atoms with Crippen LogP contribution < -0.4 is 14.8 Å². The number of amides is 2. The number of carbonyl (C=O) groups excluding carboxylic acids is 2. The number of hydrogen-bond acceptors (Lipinski definition) is 4. The molecule has 6 nitrogen and oxygen atoms in total. The van der Waals surface area contributed by atoms with E-state index in [1.165, 1.54) is 11.8 Å². The first-order valence-electron chi connectivity index (χ1n) is 6.90. The lowest BCUT2D eigenvalue weighted by Gasteiger charge is -2.24. The number of carbonyl (C=O) groups is 2. The van der Waals surface area contributed by atoms with Gasteiger partial charge in [0.1, 0.15) is 0 Å². The second-order valence-corrected chi connectivity index (χ2v) is 5.21. The molecule has 0 radical (unpaired) electrons. The molecule has 2 rings (SSSR count). The highest BCUT2D eigenvalue weighted by molar-refractivity contribution is 5.83. The van der Waals surface area contributed by atoms with E-state index in [2.05, 4.69) is 5.32 Å². The summed E-state index contributed by atoms with van der Waals surface area (Å²) in [5, 5.41) is 2.80. The second kappa shape index (κ2) is 6.47. The van der Waals surface area contributed by atoms with Crippen molar-refractivity contribution in [1.29, 1.82) is 0 Å². The molecule has 0 saturated carbocycles. The van der Waals surface area contributed by atoms with Crippen molar-refractivity contribution in [3.8, 4) is 11.5 Å². The summed E-state index contributed by atoms with van der Waals surface area (Å²) in [5.74, 6) is 1.11. The fourth-order valence-electron chi connectivity index (χ4n) is 2.12. The molecule has 1 aliphatic heterocycles. The van der Waals surface area contributed by atoms with Crippen LogP contribution in [0.3, 0.4) is 0 Å². The molecule has 0 unspecified atom stereocenters. The summed E-state index contributed by atoms with van der Waals surface area (Å²) in [5.41, 5.74) is 0.923. The lowest BCUT2D eigenvalue weighted by molar-refractivity contribution is -0.136. The van der Waals surface area contributed by atoms with Gasteiger partial charge in [0.15, 0.2) is 11.5 Å². The predicted octanol–water partition coefficient (Wildman–Crippen LogP) is 1.29. The third-order valence-corrected chi connectivity index (χ3v) is 3.27. The Bertz CT molecular complexity index is 542. The Hall–Kier alpha value is -2.24. The van der Waals surface area contributed by atoms with Crippen molar-refractivity contribution in [2.45, 2.75) is 33.4 Å². The van der Waals surface area contributed by atoms with Crippen molar-refractivity contribution in [3.05, 3.63) is 23.8 Å². The average Bonchev–Trinajstić information content (AvgIpc) is 2.89. The molecule has 6 heteroatoms. The molecule has 1 aliphatic rings. The zero-order valence-corrected chi connectivity index (χ0v) is 12.5. The van der Waals surface area contributed by atoms with Gasteiger partial charge in [-0.15, -0.1) is 0 Å². The van der Waals surface area contributed by atoms with Gasteiger partial charge in [-0.1, -0.05) is 6.07 Å². The number of rotatable bonds is 5. The zero-order valence-electron chi connectivity index (χ0n) is 12.5. The maximum Gasteiger partial charge on any atom is 0.239 e. The fraction of sp³-hybridized carbons (Fsp3) is 0.467. The Morgan fingerprint density at radius 2 is 2.00 bits per heavy atom. The third kappa shape index (κ3) is 3.87. The van der Waals surface area contributed by atoms with Crippen LogP contribution >= 0.6 is 0 Å². The SMILES string of the molecule is CC(=O)N(CC(=O)NCc1ccc2c(c1)OCO2)C(C)C. The van der Waals surface area contributed by atoms with E-state index in [1.54, 1.807) is 0 Å². The van der Waals surface area contributed by atoms with Crippen molar-refractivity contribution in [2.24, 2.45) is 0 Å². The van der Waals surface area contributed by atoms with Crippen LogP contribution in [0.1, 0.15) is 26.3 Å². The largest absolute Gasteiger partial charge is 0.454 e. The molecule has 21 heavy (non-hydrogen) atoms. The first kappa shape index (κ1) is 15.2. The number of ether oxygens (including phenoxy) is 2. The maximum absolute atomic E-state index is 11.9. The van der Waals surface area contributed by atoms with Gasteiger partial charge in [-0.2, -0.15) is 0 Å². The molecule has 0 spiro atoms. The quantitative estimate of drug-likeness (QED) is 0.888. The Labute approximate surface area is 124 Å². The van der Waals surface area contributed by atoms with Gasteiger partial charge in [-0.05, 0) is 31.5 Å². The third-order valence-electron chi connectivity index (χ3n) is 3.27. The summed E-state index contributed by atoms with van der Waals surface area (Å²) in [6.07, 6.45) is 0. The number of benzene rings is 1. The zero-order chi connectivity index (χ0) is 15.4. The molecular weight excluding hydrogens is 272 g/mol. The van der Waals surface area contributed by atoms with Gasteiger partial charge in [0, 0.05) is 19.5 Å². The van der Waals surface area contributed by atoms with Gasteiger partial charge >= 0.3 is 0 Å². The Kier molecular flexibility index (Phi) is 4.67. The number of hydrogen-bond donors (Lipinski definition) is 1.